The lowest BCUT2D eigenvalue weighted by molar-refractivity contribution is 0.0948. The molecule has 0 aliphatic carbocycles. The number of carbonyl (C=O) groups is 1. The zero-order valence-electron chi connectivity index (χ0n) is 13.1. The zero-order valence-corrected chi connectivity index (χ0v) is 13.1. The van der Waals surface area contributed by atoms with Crippen LogP contribution in [-0.2, 0) is 0 Å². The van der Waals surface area contributed by atoms with E-state index in [1.807, 2.05) is 19.1 Å². The topological polar surface area (TPSA) is 52.6 Å². The fraction of sp³-hybridized carbons (Fsp3) is 0.471. The minimum absolute atomic E-state index is 0.0766. The van der Waals surface area contributed by atoms with Crippen LogP contribution in [0.2, 0.25) is 0 Å². The molecule has 0 fully saturated rings. The molecule has 0 aromatic heterocycles. The van der Waals surface area contributed by atoms with Gasteiger partial charge in [-0.2, -0.15) is 0 Å². The lowest BCUT2D eigenvalue weighted by atomic mass is 10.0. The Morgan fingerprint density at radius 2 is 2.05 bits per heavy atom. The maximum absolute atomic E-state index is 12.2. The molecule has 21 heavy (non-hydrogen) atoms. The number of amides is 1. The number of hydrogen-bond donors (Lipinski definition) is 2. The largest absolute Gasteiger partial charge is 0.384 e. The third-order valence-electron chi connectivity index (χ3n) is 3.49. The number of carbonyl (C=O) groups excluding carboxylic acids is 1. The van der Waals surface area contributed by atoms with Gasteiger partial charge in [-0.05, 0) is 37.7 Å². The molecule has 1 aromatic carbocycles. The van der Waals surface area contributed by atoms with Gasteiger partial charge < -0.3 is 15.3 Å². The average molecular weight is 288 g/mol. The van der Waals surface area contributed by atoms with Crippen LogP contribution < -0.4 is 5.32 Å². The van der Waals surface area contributed by atoms with E-state index in [2.05, 4.69) is 35.9 Å². The molecule has 0 aliphatic rings. The Labute approximate surface area is 127 Å². The van der Waals surface area contributed by atoms with E-state index in [0.29, 0.717) is 12.1 Å². The van der Waals surface area contributed by atoms with E-state index in [4.69, 9.17) is 5.11 Å². The SMILES string of the molecule is CCN(CC)CCNC(=O)c1cccc(C#CCO)c1C. The summed E-state index contributed by atoms with van der Waals surface area (Å²) in [5, 5.41) is 11.7. The first-order valence-electron chi connectivity index (χ1n) is 7.33. The standard InChI is InChI=1S/C17H24N2O2/c1-4-19(5-2)12-11-18-17(21)16-10-6-8-15(14(16)3)9-7-13-20/h6,8,10,20H,4-5,11-13H2,1-3H3,(H,18,21). The molecule has 0 radical (unpaired) electrons. The number of nitrogens with one attached hydrogen (secondary N) is 1. The number of benzene rings is 1. The number of hydrogen-bond acceptors (Lipinski definition) is 3. The third-order valence-corrected chi connectivity index (χ3v) is 3.49. The van der Waals surface area contributed by atoms with Gasteiger partial charge >= 0.3 is 0 Å². The molecule has 0 saturated carbocycles. The normalized spacial score (nSPS) is 10.1. The van der Waals surface area contributed by atoms with E-state index in [0.717, 1.165) is 30.8 Å². The number of rotatable bonds is 6. The first kappa shape index (κ1) is 17.2. The molecule has 0 atom stereocenters. The Balaban J connectivity index is 2.70. The molecule has 0 saturated heterocycles. The Hall–Kier alpha value is -1.83. The Kier molecular flexibility index (Phi) is 7.52. The molecular weight excluding hydrogens is 264 g/mol. The zero-order chi connectivity index (χ0) is 15.7. The molecule has 0 spiro atoms. The second kappa shape index (κ2) is 9.17. The van der Waals surface area contributed by atoms with Gasteiger partial charge in [0.1, 0.15) is 6.61 Å². The van der Waals surface area contributed by atoms with Gasteiger partial charge in [0.05, 0.1) is 0 Å². The summed E-state index contributed by atoms with van der Waals surface area (Å²) in [6.07, 6.45) is 0. The molecule has 2 N–H and O–H groups in total. The molecule has 4 nitrogen and oxygen atoms in total. The highest BCUT2D eigenvalue weighted by molar-refractivity contribution is 5.96. The summed E-state index contributed by atoms with van der Waals surface area (Å²) < 4.78 is 0. The molecule has 0 heterocycles. The van der Waals surface area contributed by atoms with E-state index >= 15 is 0 Å². The first-order chi connectivity index (χ1) is 10.1. The van der Waals surface area contributed by atoms with Crippen LogP contribution >= 0.6 is 0 Å². The maximum atomic E-state index is 12.2. The smallest absolute Gasteiger partial charge is 0.251 e. The van der Waals surface area contributed by atoms with Crippen molar-refractivity contribution in [2.45, 2.75) is 20.8 Å². The van der Waals surface area contributed by atoms with Crippen LogP contribution in [0.4, 0.5) is 0 Å². The monoisotopic (exact) mass is 288 g/mol. The number of likely N-dealkylation sites (N-methyl/N-ethyl adjacent to an activating group) is 1. The summed E-state index contributed by atoms with van der Waals surface area (Å²) in [6, 6.07) is 5.46. The molecule has 1 rings (SSSR count). The van der Waals surface area contributed by atoms with Crippen molar-refractivity contribution in [3.8, 4) is 11.8 Å². The van der Waals surface area contributed by atoms with Crippen molar-refractivity contribution in [3.05, 3.63) is 34.9 Å². The fourth-order valence-corrected chi connectivity index (χ4v) is 2.11. The average Bonchev–Trinajstić information content (AvgIpc) is 2.50. The van der Waals surface area contributed by atoms with Crippen LogP contribution in [0.15, 0.2) is 18.2 Å². The number of aliphatic hydroxyl groups is 1. The molecule has 0 aliphatic heterocycles. The van der Waals surface area contributed by atoms with Crippen LogP contribution in [0.3, 0.4) is 0 Å². The van der Waals surface area contributed by atoms with Crippen molar-refractivity contribution in [2.75, 3.05) is 32.8 Å². The van der Waals surface area contributed by atoms with Crippen molar-refractivity contribution in [2.24, 2.45) is 0 Å². The third kappa shape index (κ3) is 5.22. The number of nitrogens with zero attached hydrogens (tertiary/aromatic N) is 1. The summed E-state index contributed by atoms with van der Waals surface area (Å²) in [4.78, 5) is 14.5. The van der Waals surface area contributed by atoms with Gasteiger partial charge in [-0.3, -0.25) is 4.79 Å². The first-order valence-corrected chi connectivity index (χ1v) is 7.33. The van der Waals surface area contributed by atoms with E-state index in [1.54, 1.807) is 6.07 Å². The van der Waals surface area contributed by atoms with Crippen LogP contribution in [0.1, 0.15) is 35.3 Å². The summed E-state index contributed by atoms with van der Waals surface area (Å²) in [7, 11) is 0. The van der Waals surface area contributed by atoms with Gasteiger partial charge in [0.2, 0.25) is 0 Å². The quantitative estimate of drug-likeness (QED) is 0.778. The molecular formula is C17H24N2O2. The highest BCUT2D eigenvalue weighted by atomic mass is 16.2. The molecule has 0 unspecified atom stereocenters. The van der Waals surface area contributed by atoms with Gasteiger partial charge in [-0.1, -0.05) is 31.8 Å². The van der Waals surface area contributed by atoms with Gasteiger partial charge in [0.15, 0.2) is 0 Å². The highest BCUT2D eigenvalue weighted by Gasteiger charge is 2.10. The second-order valence-corrected chi connectivity index (χ2v) is 4.72. The molecule has 114 valence electrons. The molecule has 1 aromatic rings. The van der Waals surface area contributed by atoms with Crippen molar-refractivity contribution < 1.29 is 9.90 Å². The summed E-state index contributed by atoms with van der Waals surface area (Å²) >= 11 is 0. The van der Waals surface area contributed by atoms with Gasteiger partial charge in [-0.25, -0.2) is 0 Å². The molecule has 0 bridgehead atoms. The van der Waals surface area contributed by atoms with Crippen LogP contribution in [-0.4, -0.2) is 48.7 Å². The minimum Gasteiger partial charge on any atom is -0.384 e. The lowest BCUT2D eigenvalue weighted by Gasteiger charge is -2.18. The predicted molar refractivity (Wildman–Crippen MR) is 85.3 cm³/mol. The van der Waals surface area contributed by atoms with Gasteiger partial charge in [0, 0.05) is 24.2 Å². The Morgan fingerprint density at radius 3 is 2.67 bits per heavy atom. The maximum Gasteiger partial charge on any atom is 0.251 e. The Morgan fingerprint density at radius 1 is 1.33 bits per heavy atom. The van der Waals surface area contributed by atoms with Crippen LogP contribution in [0.5, 0.6) is 0 Å². The van der Waals surface area contributed by atoms with Crippen molar-refractivity contribution in [3.63, 3.8) is 0 Å². The molecule has 1 amide bonds. The summed E-state index contributed by atoms with van der Waals surface area (Å²) in [6.45, 7) is 9.36. The number of aliphatic hydroxyl groups excluding tert-OH is 1. The van der Waals surface area contributed by atoms with E-state index in [1.165, 1.54) is 0 Å². The summed E-state index contributed by atoms with van der Waals surface area (Å²) in [5.74, 6) is 5.40. The highest BCUT2D eigenvalue weighted by Crippen LogP contribution is 2.12. The van der Waals surface area contributed by atoms with Crippen molar-refractivity contribution >= 4 is 5.91 Å². The lowest BCUT2D eigenvalue weighted by Crippen LogP contribution is -2.35. The van der Waals surface area contributed by atoms with E-state index < -0.39 is 0 Å². The van der Waals surface area contributed by atoms with Gasteiger partial charge in [0.25, 0.3) is 5.91 Å². The minimum atomic E-state index is -0.181. The Bertz CT molecular complexity index is 525. The van der Waals surface area contributed by atoms with Crippen molar-refractivity contribution in [1.82, 2.24) is 10.2 Å². The van der Waals surface area contributed by atoms with Crippen molar-refractivity contribution in [1.29, 1.82) is 0 Å². The molecule has 4 heteroatoms. The van der Waals surface area contributed by atoms with Crippen LogP contribution in [0, 0.1) is 18.8 Å². The second-order valence-electron chi connectivity index (χ2n) is 4.72. The van der Waals surface area contributed by atoms with Crippen LogP contribution in [0.25, 0.3) is 0 Å². The predicted octanol–water partition coefficient (Wildman–Crippen LogP) is 1.41. The van der Waals surface area contributed by atoms with Gasteiger partial charge in [-0.15, -0.1) is 0 Å². The summed E-state index contributed by atoms with van der Waals surface area (Å²) in [5.41, 5.74) is 2.26. The fourth-order valence-electron chi connectivity index (χ4n) is 2.11. The van der Waals surface area contributed by atoms with E-state index in [-0.39, 0.29) is 12.5 Å². The van der Waals surface area contributed by atoms with E-state index in [9.17, 15) is 4.79 Å².